The van der Waals surface area contributed by atoms with Crippen molar-refractivity contribution in [3.8, 4) is 11.5 Å². The maximum absolute atomic E-state index is 14.3. The molecular weight excluding hydrogens is 830 g/mol. The molecule has 0 aromatic heterocycles. The molecule has 1 heterocycles. The van der Waals surface area contributed by atoms with Crippen LogP contribution in [0, 0.1) is 23.6 Å². The van der Waals surface area contributed by atoms with E-state index >= 15 is 0 Å². The first-order valence-corrected chi connectivity index (χ1v) is 24.6. The van der Waals surface area contributed by atoms with Gasteiger partial charge in [-0.1, -0.05) is 107 Å². The summed E-state index contributed by atoms with van der Waals surface area (Å²) < 4.78 is 40.2. The molecule has 2 amide bonds. The van der Waals surface area contributed by atoms with E-state index in [9.17, 15) is 24.2 Å². The fourth-order valence-electron chi connectivity index (χ4n) is 10.1. The predicted molar refractivity (Wildman–Crippen MR) is 251 cm³/mol. The van der Waals surface area contributed by atoms with E-state index in [1.807, 2.05) is 19.1 Å². The van der Waals surface area contributed by atoms with E-state index < -0.39 is 35.8 Å². The zero-order chi connectivity index (χ0) is 46.4. The number of halogens is 1. The number of aliphatic hydroxyl groups excluding tert-OH is 2. The first kappa shape index (κ1) is 51.5. The lowest BCUT2D eigenvalue weighted by atomic mass is 9.55. The third-order valence-corrected chi connectivity index (χ3v) is 13.1. The van der Waals surface area contributed by atoms with Crippen molar-refractivity contribution in [2.24, 2.45) is 22.9 Å². The summed E-state index contributed by atoms with van der Waals surface area (Å²) in [6.45, 7) is 11.1. The molecule has 2 aromatic rings. The summed E-state index contributed by atoms with van der Waals surface area (Å²) in [6.07, 6.45) is 19.4. The molecule has 1 saturated carbocycles. The largest absolute Gasteiger partial charge is 0.459 e. The van der Waals surface area contributed by atoms with Crippen molar-refractivity contribution < 1.29 is 48.0 Å². The molecule has 2 aliphatic carbocycles. The van der Waals surface area contributed by atoms with Crippen molar-refractivity contribution in [2.75, 3.05) is 39.6 Å². The van der Waals surface area contributed by atoms with Crippen molar-refractivity contribution in [3.05, 3.63) is 83.7 Å². The fourth-order valence-corrected chi connectivity index (χ4v) is 10.1. The summed E-state index contributed by atoms with van der Waals surface area (Å²) >= 11 is 0. The Kier molecular flexibility index (Phi) is 21.6. The fraction of sp³-hybridized carbons (Fsp3) is 0.635. The molecule has 65 heavy (non-hydrogen) atoms. The number of oxime groups is 1. The minimum Gasteiger partial charge on any atom is -0.459 e. The number of nitrogens with one attached hydrogen (secondary N) is 1. The lowest BCUT2D eigenvalue weighted by molar-refractivity contribution is -0.256. The van der Waals surface area contributed by atoms with Gasteiger partial charge in [-0.2, -0.15) is 0 Å². The number of benzene rings is 2. The number of carbonyl (C=O) groups is 2. The number of allylic oxidation sites excluding steroid dienone is 1. The Morgan fingerprint density at radius 3 is 2.26 bits per heavy atom. The number of amides is 2. The second kappa shape index (κ2) is 27.2. The summed E-state index contributed by atoms with van der Waals surface area (Å²) in [5, 5.41) is 27.5. The van der Waals surface area contributed by atoms with E-state index in [-0.39, 0.29) is 57.1 Å². The molecule has 6 atom stereocenters. The molecule has 3 aliphatic rings. The number of unbranched alkanes of at least 4 members (excludes halogenated alkanes) is 11. The molecule has 1 aliphatic heterocycles. The maximum Gasteiger partial charge on any atom is 0.412 e. The molecule has 2 aromatic carbocycles. The molecule has 3 N–H and O–H groups in total. The van der Waals surface area contributed by atoms with Crippen molar-refractivity contribution >= 4 is 17.9 Å². The van der Waals surface area contributed by atoms with Crippen LogP contribution in [0.5, 0.6) is 11.5 Å². The Hall–Kier alpha value is -4.46. The third kappa shape index (κ3) is 14.0. The summed E-state index contributed by atoms with van der Waals surface area (Å²) in [6, 6.07) is 10.6. The number of hydrogen-bond acceptors (Lipinski definition) is 10. The summed E-state index contributed by atoms with van der Waals surface area (Å²) in [4.78, 5) is 35.0. The van der Waals surface area contributed by atoms with Gasteiger partial charge in [-0.3, -0.25) is 4.90 Å². The van der Waals surface area contributed by atoms with Crippen LogP contribution in [-0.2, 0) is 20.9 Å². The topological polar surface area (TPSA) is 148 Å². The minimum absolute atomic E-state index is 0.0241. The SMILES string of the molecule is C=CCOC12Oc3ccc(OC(=O)NCCCCCCCCCCCC)cc3C3C(CCCCO)C(CCCCO)C=C(C(=NOCC)CC1N(Cc1ccc(F)cc1)C(=O)OCC)C32. The molecule has 360 valence electrons. The molecule has 0 bridgehead atoms. The van der Waals surface area contributed by atoms with E-state index in [0.29, 0.717) is 48.8 Å². The monoisotopic (exact) mass is 906 g/mol. The highest BCUT2D eigenvalue weighted by atomic mass is 19.1. The number of rotatable bonds is 29. The van der Waals surface area contributed by atoms with Gasteiger partial charge in [0.15, 0.2) is 0 Å². The normalized spacial score (nSPS) is 22.5. The Labute approximate surface area is 386 Å². The minimum atomic E-state index is -1.52. The van der Waals surface area contributed by atoms with Gasteiger partial charge in [0, 0.05) is 44.2 Å². The standard InChI is InChI=1S/C52H76FN3O9/c1-5-9-10-11-12-13-14-15-16-19-30-54-50(59)64-41-28-29-46-44(35-41)48-42(23-18-21-32-58)39(22-17-20-31-57)34-43-45(55-63-8-4)36-47(52(65-46,49(43)48)62-33-6-2)56(51(60)61-7-3)37-38-24-26-40(53)27-25-38/h6,24-29,34-35,39,42,47-49,57-58H,2,5,7-23,30-33,36-37H2,1,3-4H3,(H,54,59). The zero-order valence-electron chi connectivity index (χ0n) is 39.3. The lowest BCUT2D eigenvalue weighted by Gasteiger charge is -2.59. The number of ether oxygens (including phenoxy) is 4. The van der Waals surface area contributed by atoms with Gasteiger partial charge < -0.3 is 39.3 Å². The molecule has 0 saturated heterocycles. The van der Waals surface area contributed by atoms with Crippen LogP contribution < -0.4 is 14.8 Å². The number of hydrogen-bond donors (Lipinski definition) is 3. The molecule has 0 radical (unpaired) electrons. The van der Waals surface area contributed by atoms with Crippen LogP contribution >= 0.6 is 0 Å². The van der Waals surface area contributed by atoms with E-state index in [1.165, 1.54) is 57.1 Å². The van der Waals surface area contributed by atoms with Crippen LogP contribution in [0.15, 0.2) is 71.9 Å². The van der Waals surface area contributed by atoms with Gasteiger partial charge in [-0.15, -0.1) is 6.58 Å². The van der Waals surface area contributed by atoms with Gasteiger partial charge in [0.2, 0.25) is 5.79 Å². The highest BCUT2D eigenvalue weighted by Crippen LogP contribution is 2.62. The highest BCUT2D eigenvalue weighted by Gasteiger charge is 2.65. The van der Waals surface area contributed by atoms with Crippen LogP contribution in [0.4, 0.5) is 14.0 Å². The summed E-state index contributed by atoms with van der Waals surface area (Å²) in [5.41, 5.74) is 3.04. The Morgan fingerprint density at radius 1 is 0.908 bits per heavy atom. The lowest BCUT2D eigenvalue weighted by Crippen LogP contribution is -2.70. The van der Waals surface area contributed by atoms with Gasteiger partial charge >= 0.3 is 12.2 Å². The quantitative estimate of drug-likeness (QED) is 0.0412. The van der Waals surface area contributed by atoms with Crippen LogP contribution in [0.25, 0.3) is 0 Å². The maximum atomic E-state index is 14.3. The van der Waals surface area contributed by atoms with E-state index in [2.05, 4.69) is 24.9 Å². The van der Waals surface area contributed by atoms with Crippen LogP contribution in [0.2, 0.25) is 0 Å². The molecule has 0 spiro atoms. The summed E-state index contributed by atoms with van der Waals surface area (Å²) in [5.74, 6) is -1.90. The van der Waals surface area contributed by atoms with E-state index in [4.69, 9.17) is 28.9 Å². The average molecular weight is 906 g/mol. The van der Waals surface area contributed by atoms with E-state index in [0.717, 1.165) is 56.1 Å². The van der Waals surface area contributed by atoms with Crippen LogP contribution in [-0.4, -0.2) is 84.4 Å². The zero-order valence-corrected chi connectivity index (χ0v) is 39.3. The van der Waals surface area contributed by atoms with Gasteiger partial charge in [-0.25, -0.2) is 14.0 Å². The average Bonchev–Trinajstić information content (AvgIpc) is 3.30. The van der Waals surface area contributed by atoms with Crippen LogP contribution in [0.3, 0.4) is 0 Å². The molecule has 13 heteroatoms. The smallest absolute Gasteiger partial charge is 0.412 e. The molecule has 6 unspecified atom stereocenters. The number of fused-ring (bicyclic) bond motifs is 2. The Balaban J connectivity index is 1.56. The molecular formula is C52H76FN3O9. The van der Waals surface area contributed by atoms with Crippen molar-refractivity contribution in [1.82, 2.24) is 10.2 Å². The second-order valence-electron chi connectivity index (χ2n) is 17.6. The highest BCUT2D eigenvalue weighted by molar-refractivity contribution is 6.03. The van der Waals surface area contributed by atoms with Gasteiger partial charge in [0.25, 0.3) is 0 Å². The molecule has 1 fully saturated rings. The third-order valence-electron chi connectivity index (χ3n) is 13.1. The first-order valence-electron chi connectivity index (χ1n) is 24.6. The van der Waals surface area contributed by atoms with Crippen LogP contribution in [0.1, 0.15) is 147 Å². The molecule has 12 nitrogen and oxygen atoms in total. The predicted octanol–water partition coefficient (Wildman–Crippen LogP) is 11.1. The number of nitrogens with zero attached hydrogens (tertiary/aromatic N) is 2. The first-order chi connectivity index (χ1) is 31.7. The van der Waals surface area contributed by atoms with Crippen molar-refractivity contribution in [3.63, 3.8) is 0 Å². The number of aliphatic hydroxyl groups is 2. The molecule has 5 rings (SSSR count). The Bertz CT molecular complexity index is 1840. The van der Waals surface area contributed by atoms with Gasteiger partial charge in [0.1, 0.15) is 30.0 Å². The van der Waals surface area contributed by atoms with Gasteiger partial charge in [0.05, 0.1) is 24.8 Å². The Morgan fingerprint density at radius 2 is 1.60 bits per heavy atom. The number of carbonyl (C=O) groups excluding carboxylic acids is 2. The second-order valence-corrected chi connectivity index (χ2v) is 17.6. The van der Waals surface area contributed by atoms with E-state index in [1.54, 1.807) is 36.1 Å². The van der Waals surface area contributed by atoms with Crippen molar-refractivity contribution in [2.45, 2.75) is 154 Å². The van der Waals surface area contributed by atoms with Gasteiger partial charge in [-0.05, 0) is 99.3 Å². The van der Waals surface area contributed by atoms with Crippen molar-refractivity contribution in [1.29, 1.82) is 0 Å². The summed E-state index contributed by atoms with van der Waals surface area (Å²) in [7, 11) is 0.